The van der Waals surface area contributed by atoms with Gasteiger partial charge in [0.1, 0.15) is 5.75 Å². The number of methoxy groups -OCH3 is 1. The van der Waals surface area contributed by atoms with Gasteiger partial charge in [-0.3, -0.25) is 4.79 Å². The first-order chi connectivity index (χ1) is 6.69. The van der Waals surface area contributed by atoms with Crippen LogP contribution in [0.5, 0.6) is 5.75 Å². The second-order valence-corrected chi connectivity index (χ2v) is 2.61. The minimum absolute atomic E-state index is 0.424. The number of carbonyl (C=O) groups is 1. The molecule has 0 aromatic heterocycles. The number of rotatable bonds is 3. The van der Waals surface area contributed by atoms with E-state index >= 15 is 0 Å². The number of hydrogen-bond donors (Lipinski definition) is 0. The van der Waals surface area contributed by atoms with E-state index in [1.165, 1.54) is 14.0 Å². The van der Waals surface area contributed by atoms with Crippen LogP contribution in [0.1, 0.15) is 6.92 Å². The molecule has 14 heavy (non-hydrogen) atoms. The smallest absolute Gasteiger partial charge is 0.246 e. The van der Waals surface area contributed by atoms with Crippen LogP contribution in [-0.2, 0) is 4.79 Å². The molecule has 0 fully saturated rings. The Morgan fingerprint density at radius 1 is 1.36 bits per heavy atom. The van der Waals surface area contributed by atoms with Gasteiger partial charge in [-0.25, -0.2) is 0 Å². The van der Waals surface area contributed by atoms with Crippen molar-refractivity contribution in [3.63, 3.8) is 0 Å². The monoisotopic (exact) mass is 194 g/mol. The number of carbonyl (C=O) groups excluding carboxylic acids is 1. The van der Waals surface area contributed by atoms with Gasteiger partial charge in [0.25, 0.3) is 0 Å². The van der Waals surface area contributed by atoms with Crippen molar-refractivity contribution in [3.8, 4) is 5.75 Å². The number of ether oxygens (including phenoxy) is 1. The Labute approximate surface area is 81.2 Å². The van der Waals surface area contributed by atoms with Crippen LogP contribution in [0, 0.1) is 4.91 Å². The molecule has 0 saturated carbocycles. The molecule has 0 N–H and O–H groups in total. The first-order valence-corrected chi connectivity index (χ1v) is 3.97. The van der Waals surface area contributed by atoms with Crippen molar-refractivity contribution in [2.24, 2.45) is 5.29 Å². The van der Waals surface area contributed by atoms with Gasteiger partial charge in [0.15, 0.2) is 0 Å². The van der Waals surface area contributed by atoms with E-state index in [1.807, 2.05) is 0 Å². The van der Waals surface area contributed by atoms with Gasteiger partial charge in [-0.05, 0) is 24.3 Å². The Morgan fingerprint density at radius 2 is 1.93 bits per heavy atom. The highest BCUT2D eigenvalue weighted by molar-refractivity contribution is 5.90. The van der Waals surface area contributed by atoms with E-state index in [1.54, 1.807) is 24.3 Å². The summed E-state index contributed by atoms with van der Waals surface area (Å²) < 4.78 is 4.93. The SMILES string of the molecule is COc1ccc(N(N=O)C(C)=O)cc1. The molecule has 1 aromatic carbocycles. The van der Waals surface area contributed by atoms with E-state index < -0.39 is 5.91 Å². The van der Waals surface area contributed by atoms with Crippen LogP contribution in [0.2, 0.25) is 0 Å². The standard InChI is InChI=1S/C9H10N2O3/c1-7(12)11(10-13)8-3-5-9(14-2)6-4-8/h3-6H,1-2H3. The molecule has 0 atom stereocenters. The molecule has 1 rings (SSSR count). The van der Waals surface area contributed by atoms with Crippen LogP contribution in [0.4, 0.5) is 5.69 Å². The summed E-state index contributed by atoms with van der Waals surface area (Å²) in [7, 11) is 1.54. The van der Waals surface area contributed by atoms with Crippen LogP contribution in [0.15, 0.2) is 29.6 Å². The van der Waals surface area contributed by atoms with Gasteiger partial charge < -0.3 is 4.74 Å². The maximum atomic E-state index is 10.9. The minimum Gasteiger partial charge on any atom is -0.497 e. The summed E-state index contributed by atoms with van der Waals surface area (Å²) in [5, 5.41) is 3.38. The van der Waals surface area contributed by atoms with E-state index in [0.717, 1.165) is 5.01 Å². The zero-order valence-corrected chi connectivity index (χ0v) is 7.93. The van der Waals surface area contributed by atoms with Crippen LogP contribution in [-0.4, -0.2) is 13.0 Å². The topological polar surface area (TPSA) is 59.0 Å². The second kappa shape index (κ2) is 4.36. The molecule has 0 saturated heterocycles. The molecule has 0 unspecified atom stereocenters. The minimum atomic E-state index is -0.426. The van der Waals surface area contributed by atoms with Gasteiger partial charge in [0.05, 0.1) is 18.1 Å². The zero-order valence-electron chi connectivity index (χ0n) is 7.93. The molecule has 0 spiro atoms. The molecule has 74 valence electrons. The third-order valence-electron chi connectivity index (χ3n) is 1.70. The van der Waals surface area contributed by atoms with Crippen molar-refractivity contribution >= 4 is 11.6 Å². The lowest BCUT2D eigenvalue weighted by Crippen LogP contribution is -2.20. The molecule has 0 aliphatic carbocycles. The summed E-state index contributed by atoms with van der Waals surface area (Å²) in [6.07, 6.45) is 0. The molecular formula is C9H10N2O3. The number of hydrogen-bond acceptors (Lipinski definition) is 4. The quantitative estimate of drug-likeness (QED) is 0.543. The number of nitrogens with zero attached hydrogens (tertiary/aromatic N) is 2. The molecule has 0 radical (unpaired) electrons. The zero-order chi connectivity index (χ0) is 10.6. The lowest BCUT2D eigenvalue weighted by atomic mass is 10.3. The van der Waals surface area contributed by atoms with E-state index in [2.05, 4.69) is 5.29 Å². The van der Waals surface area contributed by atoms with Gasteiger partial charge in [-0.15, -0.1) is 4.91 Å². The maximum absolute atomic E-state index is 10.9. The fourth-order valence-corrected chi connectivity index (χ4v) is 1.01. The van der Waals surface area contributed by atoms with Gasteiger partial charge in [-0.1, -0.05) is 0 Å². The van der Waals surface area contributed by atoms with E-state index in [9.17, 15) is 9.70 Å². The summed E-state index contributed by atoms with van der Waals surface area (Å²) >= 11 is 0. The summed E-state index contributed by atoms with van der Waals surface area (Å²) in [6.45, 7) is 1.27. The predicted molar refractivity (Wildman–Crippen MR) is 51.9 cm³/mol. The number of nitroso groups, excluding NO2 is 1. The Hall–Kier alpha value is -1.91. The molecule has 0 heterocycles. The lowest BCUT2D eigenvalue weighted by Gasteiger charge is -2.10. The van der Waals surface area contributed by atoms with Gasteiger partial charge >= 0.3 is 0 Å². The molecule has 0 aliphatic rings. The molecule has 1 aromatic rings. The Morgan fingerprint density at radius 3 is 2.29 bits per heavy atom. The summed E-state index contributed by atoms with van der Waals surface area (Å²) in [6, 6.07) is 6.47. The lowest BCUT2D eigenvalue weighted by molar-refractivity contribution is -0.116. The molecule has 0 aliphatic heterocycles. The third-order valence-corrected chi connectivity index (χ3v) is 1.70. The molecular weight excluding hydrogens is 184 g/mol. The average Bonchev–Trinajstić information content (AvgIpc) is 2.19. The van der Waals surface area contributed by atoms with Crippen LogP contribution < -0.4 is 9.75 Å². The van der Waals surface area contributed by atoms with Crippen molar-refractivity contribution in [1.82, 2.24) is 0 Å². The Kier molecular flexibility index (Phi) is 3.17. The number of anilines is 1. The van der Waals surface area contributed by atoms with Crippen LogP contribution in [0.3, 0.4) is 0 Å². The number of amides is 1. The first-order valence-electron chi connectivity index (χ1n) is 3.97. The molecule has 5 nitrogen and oxygen atoms in total. The number of benzene rings is 1. The Balaban J connectivity index is 2.94. The highest BCUT2D eigenvalue weighted by Gasteiger charge is 2.10. The van der Waals surface area contributed by atoms with Gasteiger partial charge in [-0.2, -0.15) is 5.01 Å². The summed E-state index contributed by atoms with van der Waals surface area (Å²) in [5.74, 6) is 0.230. The maximum Gasteiger partial charge on any atom is 0.246 e. The average molecular weight is 194 g/mol. The molecule has 1 amide bonds. The third kappa shape index (κ3) is 2.07. The summed E-state index contributed by atoms with van der Waals surface area (Å²) in [5.41, 5.74) is 0.424. The fraction of sp³-hybridized carbons (Fsp3) is 0.222. The van der Waals surface area contributed by atoms with Crippen molar-refractivity contribution in [2.75, 3.05) is 12.1 Å². The van der Waals surface area contributed by atoms with Crippen molar-refractivity contribution in [3.05, 3.63) is 29.2 Å². The predicted octanol–water partition coefficient (Wildman–Crippen LogP) is 1.73. The van der Waals surface area contributed by atoms with E-state index in [-0.39, 0.29) is 0 Å². The molecule has 5 heteroatoms. The Bertz CT molecular complexity index is 334. The van der Waals surface area contributed by atoms with E-state index in [0.29, 0.717) is 11.4 Å². The second-order valence-electron chi connectivity index (χ2n) is 2.61. The molecule has 0 bridgehead atoms. The van der Waals surface area contributed by atoms with Crippen molar-refractivity contribution in [2.45, 2.75) is 6.92 Å². The van der Waals surface area contributed by atoms with Crippen LogP contribution >= 0.6 is 0 Å². The van der Waals surface area contributed by atoms with Crippen molar-refractivity contribution in [1.29, 1.82) is 0 Å². The van der Waals surface area contributed by atoms with Gasteiger partial charge in [0, 0.05) is 6.92 Å². The van der Waals surface area contributed by atoms with Crippen LogP contribution in [0.25, 0.3) is 0 Å². The summed E-state index contributed by atoms with van der Waals surface area (Å²) in [4.78, 5) is 21.3. The van der Waals surface area contributed by atoms with Gasteiger partial charge in [0.2, 0.25) is 5.91 Å². The normalized spacial score (nSPS) is 9.29. The fourth-order valence-electron chi connectivity index (χ4n) is 1.01. The van der Waals surface area contributed by atoms with Crippen molar-refractivity contribution < 1.29 is 9.53 Å². The largest absolute Gasteiger partial charge is 0.497 e. The first kappa shape index (κ1) is 10.2. The highest BCUT2D eigenvalue weighted by Crippen LogP contribution is 2.19. The van der Waals surface area contributed by atoms with E-state index in [4.69, 9.17) is 4.74 Å². The highest BCUT2D eigenvalue weighted by atomic mass is 16.5.